The highest BCUT2D eigenvalue weighted by molar-refractivity contribution is 7.14. The molecule has 0 bridgehead atoms. The molecule has 6 rings (SSSR count). The molecular weight excluding hydrogens is 458 g/mol. The van der Waals surface area contributed by atoms with E-state index >= 15 is 0 Å². The van der Waals surface area contributed by atoms with Crippen molar-refractivity contribution >= 4 is 28.8 Å². The van der Waals surface area contributed by atoms with Gasteiger partial charge in [-0.05, 0) is 60.1 Å². The van der Waals surface area contributed by atoms with Gasteiger partial charge in [0.25, 0.3) is 0 Å². The number of rotatable bonds is 6. The van der Waals surface area contributed by atoms with Gasteiger partial charge in [0.15, 0.2) is 5.78 Å². The maximum absolute atomic E-state index is 13.2. The molecule has 35 heavy (non-hydrogen) atoms. The van der Waals surface area contributed by atoms with Crippen LogP contribution in [0.1, 0.15) is 56.4 Å². The molecule has 0 spiro atoms. The lowest BCUT2D eigenvalue weighted by molar-refractivity contribution is 0.0974. The van der Waals surface area contributed by atoms with Crippen molar-refractivity contribution < 1.29 is 9.53 Å². The highest BCUT2D eigenvalue weighted by Crippen LogP contribution is 2.38. The Labute approximate surface area is 208 Å². The number of nitrogens with one attached hydrogen (secondary N) is 1. The second kappa shape index (κ2) is 9.36. The molecule has 1 aromatic carbocycles. The maximum Gasteiger partial charge on any atom is 0.227 e. The minimum Gasteiger partial charge on any atom is -0.376 e. The summed E-state index contributed by atoms with van der Waals surface area (Å²) in [5, 5.41) is 7.38. The summed E-state index contributed by atoms with van der Waals surface area (Å²) >= 11 is 1.66. The zero-order valence-corrected chi connectivity index (χ0v) is 20.5. The van der Waals surface area contributed by atoms with Crippen molar-refractivity contribution in [2.45, 2.75) is 44.6 Å². The first-order valence-electron chi connectivity index (χ1n) is 12.1. The van der Waals surface area contributed by atoms with Gasteiger partial charge in [-0.3, -0.25) is 9.48 Å². The molecule has 178 valence electrons. The highest BCUT2D eigenvalue weighted by atomic mass is 32.1. The summed E-state index contributed by atoms with van der Waals surface area (Å²) in [4.78, 5) is 24.4. The lowest BCUT2D eigenvalue weighted by Gasteiger charge is -2.25. The number of anilines is 2. The molecule has 7 nitrogen and oxygen atoms in total. The summed E-state index contributed by atoms with van der Waals surface area (Å²) in [7, 11) is 1.87. The van der Waals surface area contributed by atoms with Crippen molar-refractivity contribution in [3.8, 4) is 11.3 Å². The molecule has 8 heteroatoms. The topological polar surface area (TPSA) is 81.9 Å². The lowest BCUT2D eigenvalue weighted by atomic mass is 9.79. The number of benzene rings is 1. The third kappa shape index (κ3) is 4.63. The predicted molar refractivity (Wildman–Crippen MR) is 136 cm³/mol. The van der Waals surface area contributed by atoms with Gasteiger partial charge in [-0.2, -0.15) is 5.10 Å². The van der Waals surface area contributed by atoms with Crippen molar-refractivity contribution in [3.63, 3.8) is 0 Å². The number of aryl methyl sites for hydroxylation is 2. The summed E-state index contributed by atoms with van der Waals surface area (Å²) in [5.41, 5.74) is 6.62. The number of thiophene rings is 1. The Morgan fingerprint density at radius 1 is 1.23 bits per heavy atom. The van der Waals surface area contributed by atoms with Crippen molar-refractivity contribution in [3.05, 3.63) is 75.4 Å². The number of hydrogen-bond acceptors (Lipinski definition) is 7. The second-order valence-corrected chi connectivity index (χ2v) is 10.4. The summed E-state index contributed by atoms with van der Waals surface area (Å²) < 4.78 is 7.28. The first-order valence-corrected chi connectivity index (χ1v) is 12.9. The molecular formula is C27H27N5O2S. The van der Waals surface area contributed by atoms with E-state index in [1.54, 1.807) is 28.4 Å². The number of carbonyl (C=O) groups is 1. The van der Waals surface area contributed by atoms with E-state index in [0.29, 0.717) is 19.0 Å². The molecule has 4 aromatic rings. The zero-order chi connectivity index (χ0) is 23.8. The molecule has 1 atom stereocenters. The Balaban J connectivity index is 1.20. The number of nitrogens with zero attached hydrogens (tertiary/aromatic N) is 4. The molecule has 0 fully saturated rings. The van der Waals surface area contributed by atoms with Gasteiger partial charge in [0, 0.05) is 42.7 Å². The van der Waals surface area contributed by atoms with E-state index in [2.05, 4.69) is 39.7 Å². The Morgan fingerprint density at radius 2 is 2.17 bits per heavy atom. The summed E-state index contributed by atoms with van der Waals surface area (Å²) in [6, 6.07) is 10.6. The first kappa shape index (κ1) is 22.1. The van der Waals surface area contributed by atoms with Crippen LogP contribution in [-0.4, -0.2) is 32.1 Å². The SMILES string of the molecule is Cn1cc(Nc2nccc(-c3ccc4c(c3)CCCC4CC(=O)c3cc4c(s3)CCOC4)n2)cn1. The molecule has 0 radical (unpaired) electrons. The van der Waals surface area contributed by atoms with Crippen LogP contribution in [0.5, 0.6) is 0 Å². The van der Waals surface area contributed by atoms with E-state index in [9.17, 15) is 4.79 Å². The fourth-order valence-corrected chi connectivity index (χ4v) is 6.19. The standard InChI is InChI=1S/C27H27N5O2S/c1-32-15-21(14-29-32)30-27-28-9-7-23(31-27)19-5-6-22-17(11-19)3-2-4-18(22)12-24(33)26-13-20-16-34-10-8-25(20)35-26/h5-7,9,11,13-15,18H,2-4,8,10,12,16H2,1H3,(H,28,30,31). The van der Waals surface area contributed by atoms with Gasteiger partial charge in [-0.25, -0.2) is 9.97 Å². The zero-order valence-electron chi connectivity index (χ0n) is 19.7. The van der Waals surface area contributed by atoms with E-state index in [1.807, 2.05) is 19.3 Å². The molecule has 0 amide bonds. The number of aromatic nitrogens is 4. The van der Waals surface area contributed by atoms with Crippen LogP contribution >= 0.6 is 11.3 Å². The Hall–Kier alpha value is -3.36. The van der Waals surface area contributed by atoms with E-state index in [1.165, 1.54) is 21.6 Å². The first-order chi connectivity index (χ1) is 17.1. The number of carbonyl (C=O) groups excluding carboxylic acids is 1. The fraction of sp³-hybridized carbons (Fsp3) is 0.333. The normalized spacial score (nSPS) is 17.0. The molecule has 3 aromatic heterocycles. The number of Topliss-reactive ketones (excluding diaryl/α,β-unsaturated/α-hetero) is 1. The number of ketones is 1. The average Bonchev–Trinajstić information content (AvgIpc) is 3.50. The number of fused-ring (bicyclic) bond motifs is 2. The van der Waals surface area contributed by atoms with Crippen molar-refractivity contribution in [1.29, 1.82) is 0 Å². The molecule has 1 aliphatic heterocycles. The van der Waals surface area contributed by atoms with Gasteiger partial charge in [0.2, 0.25) is 5.95 Å². The molecule has 1 N–H and O–H groups in total. The van der Waals surface area contributed by atoms with Gasteiger partial charge in [0.05, 0.1) is 35.7 Å². The van der Waals surface area contributed by atoms with Crippen molar-refractivity contribution in [1.82, 2.24) is 19.7 Å². The van der Waals surface area contributed by atoms with Gasteiger partial charge >= 0.3 is 0 Å². The minimum atomic E-state index is 0.258. The quantitative estimate of drug-likeness (QED) is 0.366. The fourth-order valence-electron chi connectivity index (χ4n) is 5.09. The van der Waals surface area contributed by atoms with Crippen LogP contribution in [-0.2, 0) is 31.2 Å². The third-order valence-electron chi connectivity index (χ3n) is 6.83. The van der Waals surface area contributed by atoms with Gasteiger partial charge in [0.1, 0.15) is 0 Å². The molecule has 4 heterocycles. The van der Waals surface area contributed by atoms with Gasteiger partial charge in [-0.1, -0.05) is 12.1 Å². The molecule has 1 unspecified atom stereocenters. The lowest BCUT2D eigenvalue weighted by Crippen LogP contribution is -2.14. The van der Waals surface area contributed by atoms with E-state index in [4.69, 9.17) is 9.72 Å². The Kier molecular flexibility index (Phi) is 5.91. The van der Waals surface area contributed by atoms with Crippen LogP contribution in [0.15, 0.2) is 48.9 Å². The highest BCUT2D eigenvalue weighted by Gasteiger charge is 2.25. The molecule has 0 saturated heterocycles. The maximum atomic E-state index is 13.2. The van der Waals surface area contributed by atoms with Gasteiger partial charge < -0.3 is 10.1 Å². The predicted octanol–water partition coefficient (Wildman–Crippen LogP) is 5.45. The molecule has 0 saturated carbocycles. The van der Waals surface area contributed by atoms with E-state index < -0.39 is 0 Å². The van der Waals surface area contributed by atoms with Crippen LogP contribution in [0.25, 0.3) is 11.3 Å². The molecule has 2 aliphatic rings. The summed E-state index contributed by atoms with van der Waals surface area (Å²) in [5.74, 6) is 1.07. The van der Waals surface area contributed by atoms with Crippen molar-refractivity contribution in [2.24, 2.45) is 7.05 Å². The minimum absolute atomic E-state index is 0.258. The summed E-state index contributed by atoms with van der Waals surface area (Å²) in [6.45, 7) is 1.39. The summed E-state index contributed by atoms with van der Waals surface area (Å²) in [6.07, 6.45) is 10.1. The van der Waals surface area contributed by atoms with Crippen LogP contribution in [0.4, 0.5) is 11.6 Å². The van der Waals surface area contributed by atoms with Crippen LogP contribution < -0.4 is 5.32 Å². The monoisotopic (exact) mass is 485 g/mol. The number of hydrogen-bond donors (Lipinski definition) is 1. The largest absolute Gasteiger partial charge is 0.376 e. The third-order valence-corrected chi connectivity index (χ3v) is 8.11. The Bertz CT molecular complexity index is 1370. The van der Waals surface area contributed by atoms with E-state index in [0.717, 1.165) is 54.1 Å². The van der Waals surface area contributed by atoms with Gasteiger partial charge in [-0.15, -0.1) is 11.3 Å². The van der Waals surface area contributed by atoms with Crippen molar-refractivity contribution in [2.75, 3.05) is 11.9 Å². The molecule has 1 aliphatic carbocycles. The number of ether oxygens (including phenoxy) is 1. The smallest absolute Gasteiger partial charge is 0.227 e. The Morgan fingerprint density at radius 3 is 3.03 bits per heavy atom. The average molecular weight is 486 g/mol. The second-order valence-electron chi connectivity index (χ2n) is 9.28. The van der Waals surface area contributed by atoms with Crippen LogP contribution in [0, 0.1) is 0 Å². The van der Waals surface area contributed by atoms with E-state index in [-0.39, 0.29) is 11.7 Å². The van der Waals surface area contributed by atoms with Crippen LogP contribution in [0.2, 0.25) is 0 Å². The van der Waals surface area contributed by atoms with Crippen LogP contribution in [0.3, 0.4) is 0 Å².